The van der Waals surface area contributed by atoms with Gasteiger partial charge in [0.1, 0.15) is 11.3 Å². The highest BCUT2D eigenvalue weighted by atomic mass is 16.5. The fourth-order valence-corrected chi connectivity index (χ4v) is 3.59. The van der Waals surface area contributed by atoms with Gasteiger partial charge in [-0.2, -0.15) is 0 Å². The Morgan fingerprint density at radius 3 is 2.76 bits per heavy atom. The molecule has 1 fully saturated rings. The van der Waals surface area contributed by atoms with Crippen LogP contribution in [0.1, 0.15) is 34.8 Å². The largest absolute Gasteiger partial charge is 0.468 e. The maximum Gasteiger partial charge on any atom is 0.287 e. The van der Waals surface area contributed by atoms with E-state index < -0.39 is 5.91 Å². The summed E-state index contributed by atoms with van der Waals surface area (Å²) < 4.78 is 16.7. The van der Waals surface area contributed by atoms with Crippen LogP contribution in [0.15, 0.2) is 56.3 Å². The Labute approximate surface area is 168 Å². The number of aryl methyl sites for hydroxylation is 1. The summed E-state index contributed by atoms with van der Waals surface area (Å²) in [6, 6.07) is 10.3. The van der Waals surface area contributed by atoms with Gasteiger partial charge in [-0.1, -0.05) is 13.0 Å². The van der Waals surface area contributed by atoms with Crippen LogP contribution in [0.3, 0.4) is 0 Å². The summed E-state index contributed by atoms with van der Waals surface area (Å²) in [5.41, 5.74) is 1.24. The maximum absolute atomic E-state index is 12.7. The summed E-state index contributed by atoms with van der Waals surface area (Å²) in [6.45, 7) is 5.16. The van der Waals surface area contributed by atoms with Crippen molar-refractivity contribution in [2.75, 3.05) is 32.8 Å². The molecule has 1 N–H and O–H groups in total. The maximum atomic E-state index is 12.7. The number of ether oxygens (including phenoxy) is 1. The molecule has 0 unspecified atom stereocenters. The predicted molar refractivity (Wildman–Crippen MR) is 108 cm³/mol. The Morgan fingerprint density at radius 1 is 1.21 bits per heavy atom. The minimum atomic E-state index is -0.423. The molecular weight excluding hydrogens is 372 g/mol. The van der Waals surface area contributed by atoms with Crippen molar-refractivity contribution in [3.63, 3.8) is 0 Å². The van der Waals surface area contributed by atoms with Crippen molar-refractivity contribution in [1.29, 1.82) is 0 Å². The van der Waals surface area contributed by atoms with Crippen molar-refractivity contribution >= 4 is 16.9 Å². The van der Waals surface area contributed by atoms with E-state index >= 15 is 0 Å². The molecule has 7 heteroatoms. The SMILES string of the molecule is CCc1ccc2oc(C(=O)NC[C@H](c3ccco3)N3CCOCC3)cc(=O)c2c1. The summed E-state index contributed by atoms with van der Waals surface area (Å²) >= 11 is 0. The molecule has 1 saturated heterocycles. The Balaban J connectivity index is 1.52. The topological polar surface area (TPSA) is 84.9 Å². The molecule has 7 nitrogen and oxygen atoms in total. The third-order valence-corrected chi connectivity index (χ3v) is 5.24. The molecule has 0 aliphatic carbocycles. The van der Waals surface area contributed by atoms with Crippen molar-refractivity contribution in [2.24, 2.45) is 0 Å². The molecule has 3 aromatic rings. The first kappa shape index (κ1) is 19.4. The van der Waals surface area contributed by atoms with Crippen LogP contribution in [0.2, 0.25) is 0 Å². The lowest BCUT2D eigenvalue weighted by Crippen LogP contribution is -2.43. The lowest BCUT2D eigenvalue weighted by Gasteiger charge is -2.33. The van der Waals surface area contributed by atoms with E-state index in [-0.39, 0.29) is 17.2 Å². The van der Waals surface area contributed by atoms with E-state index in [0.29, 0.717) is 30.7 Å². The second kappa shape index (κ2) is 8.63. The smallest absolute Gasteiger partial charge is 0.287 e. The van der Waals surface area contributed by atoms with Crippen molar-refractivity contribution in [1.82, 2.24) is 10.2 Å². The molecule has 1 aliphatic heterocycles. The fraction of sp³-hybridized carbons (Fsp3) is 0.364. The van der Waals surface area contributed by atoms with Crippen molar-refractivity contribution < 1.29 is 18.4 Å². The molecule has 4 rings (SSSR count). The number of hydrogen-bond donors (Lipinski definition) is 1. The van der Waals surface area contributed by atoms with Gasteiger partial charge in [0.2, 0.25) is 0 Å². The molecule has 152 valence electrons. The number of hydrogen-bond acceptors (Lipinski definition) is 6. The Morgan fingerprint density at radius 2 is 2.03 bits per heavy atom. The van der Waals surface area contributed by atoms with Crippen molar-refractivity contribution in [3.8, 4) is 0 Å². The molecule has 3 heterocycles. The van der Waals surface area contributed by atoms with Gasteiger partial charge in [-0.25, -0.2) is 0 Å². The summed E-state index contributed by atoms with van der Waals surface area (Å²) in [5, 5.41) is 3.37. The van der Waals surface area contributed by atoms with Crippen LogP contribution < -0.4 is 10.7 Å². The highest BCUT2D eigenvalue weighted by molar-refractivity contribution is 5.93. The minimum Gasteiger partial charge on any atom is -0.468 e. The number of furan rings is 1. The number of amides is 1. The van der Waals surface area contributed by atoms with Gasteiger partial charge in [0.05, 0.1) is 30.9 Å². The molecule has 0 spiro atoms. The van der Waals surface area contributed by atoms with Crippen LogP contribution in [-0.4, -0.2) is 43.7 Å². The number of nitrogens with one attached hydrogen (secondary N) is 1. The van der Waals surface area contributed by atoms with Crippen LogP contribution in [-0.2, 0) is 11.2 Å². The van der Waals surface area contributed by atoms with Crippen molar-refractivity contribution in [2.45, 2.75) is 19.4 Å². The number of carbonyl (C=O) groups excluding carboxylic acids is 1. The average molecular weight is 396 g/mol. The van der Waals surface area contributed by atoms with Crippen LogP contribution >= 0.6 is 0 Å². The summed E-state index contributed by atoms with van der Waals surface area (Å²) in [6.07, 6.45) is 2.45. The number of fused-ring (bicyclic) bond motifs is 1. The lowest BCUT2D eigenvalue weighted by atomic mass is 10.1. The minimum absolute atomic E-state index is 0.00641. The highest BCUT2D eigenvalue weighted by Gasteiger charge is 2.26. The number of morpholine rings is 1. The zero-order chi connectivity index (χ0) is 20.2. The zero-order valence-electron chi connectivity index (χ0n) is 16.3. The quantitative estimate of drug-likeness (QED) is 0.690. The molecule has 29 heavy (non-hydrogen) atoms. The van der Waals surface area contributed by atoms with Gasteiger partial charge in [0.25, 0.3) is 5.91 Å². The average Bonchev–Trinajstić information content (AvgIpc) is 3.29. The number of carbonyl (C=O) groups is 1. The van der Waals surface area contributed by atoms with Gasteiger partial charge in [0, 0.05) is 25.7 Å². The van der Waals surface area contributed by atoms with E-state index in [0.717, 1.165) is 30.8 Å². The number of benzene rings is 1. The van der Waals surface area contributed by atoms with Gasteiger partial charge in [-0.05, 0) is 36.2 Å². The summed E-state index contributed by atoms with van der Waals surface area (Å²) in [7, 11) is 0. The van der Waals surface area contributed by atoms with Gasteiger partial charge < -0.3 is 18.9 Å². The van der Waals surface area contributed by atoms with E-state index in [2.05, 4.69) is 10.2 Å². The van der Waals surface area contributed by atoms with Gasteiger partial charge >= 0.3 is 0 Å². The van der Waals surface area contributed by atoms with Crippen LogP contribution in [0.4, 0.5) is 0 Å². The van der Waals surface area contributed by atoms with E-state index in [1.165, 1.54) is 6.07 Å². The molecule has 0 radical (unpaired) electrons. The number of rotatable bonds is 6. The lowest BCUT2D eigenvalue weighted by molar-refractivity contribution is 0.0117. The molecule has 1 aliphatic rings. The molecule has 1 atom stereocenters. The zero-order valence-corrected chi connectivity index (χ0v) is 16.3. The van der Waals surface area contributed by atoms with Gasteiger partial charge in [-0.15, -0.1) is 0 Å². The molecule has 1 aromatic carbocycles. The first-order chi connectivity index (χ1) is 14.2. The third-order valence-electron chi connectivity index (χ3n) is 5.24. The standard InChI is InChI=1S/C22H24N2O5/c1-2-15-5-6-19-16(12-15)18(25)13-21(29-19)22(26)23-14-17(20-4-3-9-28-20)24-7-10-27-11-8-24/h3-6,9,12-13,17H,2,7-8,10-11,14H2,1H3,(H,23,26)/t17-/m1/s1. The first-order valence-electron chi connectivity index (χ1n) is 9.86. The fourth-order valence-electron chi connectivity index (χ4n) is 3.59. The van der Waals surface area contributed by atoms with Crippen LogP contribution in [0, 0.1) is 0 Å². The molecule has 2 aromatic heterocycles. The molecule has 0 bridgehead atoms. The van der Waals surface area contributed by atoms with E-state index in [1.807, 2.05) is 31.2 Å². The summed E-state index contributed by atoms with van der Waals surface area (Å²) in [5.74, 6) is 0.361. The number of nitrogens with zero attached hydrogens (tertiary/aromatic N) is 1. The van der Waals surface area contributed by atoms with Gasteiger partial charge in [-0.3, -0.25) is 14.5 Å². The Bertz CT molecular complexity index is 1040. The van der Waals surface area contributed by atoms with Crippen LogP contribution in [0.25, 0.3) is 11.0 Å². The Kier molecular flexibility index (Phi) is 5.78. The second-order valence-corrected chi connectivity index (χ2v) is 7.05. The van der Waals surface area contributed by atoms with Gasteiger partial charge in [0.15, 0.2) is 11.2 Å². The predicted octanol–water partition coefficient (Wildman–Crippen LogP) is 2.75. The highest BCUT2D eigenvalue weighted by Crippen LogP contribution is 2.22. The van der Waals surface area contributed by atoms with E-state index in [1.54, 1.807) is 12.3 Å². The molecular formula is C22H24N2O5. The monoisotopic (exact) mass is 396 g/mol. The molecule has 0 saturated carbocycles. The van der Waals surface area contributed by atoms with E-state index in [9.17, 15) is 9.59 Å². The molecule has 1 amide bonds. The van der Waals surface area contributed by atoms with E-state index in [4.69, 9.17) is 13.6 Å². The Hall–Kier alpha value is -2.90. The third kappa shape index (κ3) is 4.26. The normalized spacial score (nSPS) is 16.0. The summed E-state index contributed by atoms with van der Waals surface area (Å²) in [4.78, 5) is 27.4. The second-order valence-electron chi connectivity index (χ2n) is 7.05. The van der Waals surface area contributed by atoms with Crippen molar-refractivity contribution in [3.05, 3.63) is 70.0 Å². The first-order valence-corrected chi connectivity index (χ1v) is 9.86. The van der Waals surface area contributed by atoms with Crippen LogP contribution in [0.5, 0.6) is 0 Å².